The van der Waals surface area contributed by atoms with E-state index >= 15 is 0 Å². The van der Waals surface area contributed by atoms with Crippen molar-refractivity contribution < 1.29 is 9.53 Å². The summed E-state index contributed by atoms with van der Waals surface area (Å²) in [6.45, 7) is 5.73. The molecule has 1 aromatic rings. The molecule has 0 N–H and O–H groups in total. The summed E-state index contributed by atoms with van der Waals surface area (Å²) < 4.78 is 4.79. The van der Waals surface area contributed by atoms with Crippen LogP contribution in [0.15, 0.2) is 43.0 Å². The first-order chi connectivity index (χ1) is 7.22. The molecule has 0 radical (unpaired) electrons. The summed E-state index contributed by atoms with van der Waals surface area (Å²) in [5, 5.41) is 0. The molecule has 2 heteroatoms. The monoisotopic (exact) mass is 202 g/mol. The van der Waals surface area contributed by atoms with Gasteiger partial charge in [-0.3, -0.25) is 0 Å². The highest BCUT2D eigenvalue weighted by Crippen LogP contribution is 2.04. The molecule has 0 fully saturated rings. The van der Waals surface area contributed by atoms with Crippen LogP contribution in [0.25, 0.3) is 6.08 Å². The van der Waals surface area contributed by atoms with Gasteiger partial charge >= 0.3 is 5.97 Å². The van der Waals surface area contributed by atoms with Gasteiger partial charge in [-0.15, -0.1) is 0 Å². The quantitative estimate of drug-likeness (QED) is 0.426. The lowest BCUT2D eigenvalue weighted by atomic mass is 10.1. The molecule has 0 heterocycles. The fraction of sp³-hybridized carbons (Fsp3) is 0.154. The van der Waals surface area contributed by atoms with Crippen molar-refractivity contribution >= 4 is 12.0 Å². The number of aryl methyl sites for hydroxylation is 1. The molecule has 0 aliphatic rings. The zero-order valence-electron chi connectivity index (χ0n) is 8.77. The smallest absolute Gasteiger partial charge is 0.331 e. The third kappa shape index (κ3) is 4.27. The minimum Gasteiger partial charge on any atom is -0.458 e. The molecule has 0 saturated heterocycles. The first-order valence-electron chi connectivity index (χ1n) is 4.75. The molecule has 2 nitrogen and oxygen atoms in total. The van der Waals surface area contributed by atoms with Crippen LogP contribution in [-0.2, 0) is 9.53 Å². The Morgan fingerprint density at radius 1 is 1.40 bits per heavy atom. The van der Waals surface area contributed by atoms with Crippen molar-refractivity contribution in [3.63, 3.8) is 0 Å². The highest BCUT2D eigenvalue weighted by Gasteiger charge is 1.93. The Kier molecular flexibility index (Phi) is 4.35. The minimum absolute atomic E-state index is 0.247. The summed E-state index contributed by atoms with van der Waals surface area (Å²) in [5.41, 5.74) is 2.18. The molecule has 0 spiro atoms. The van der Waals surface area contributed by atoms with E-state index in [0.717, 1.165) is 5.56 Å². The third-order valence-corrected chi connectivity index (χ3v) is 1.83. The molecule has 0 aliphatic heterocycles. The van der Waals surface area contributed by atoms with Crippen LogP contribution in [-0.4, -0.2) is 12.6 Å². The van der Waals surface area contributed by atoms with Crippen molar-refractivity contribution in [1.29, 1.82) is 0 Å². The number of esters is 1. The minimum atomic E-state index is -0.351. The van der Waals surface area contributed by atoms with Crippen LogP contribution in [0.1, 0.15) is 11.1 Å². The van der Waals surface area contributed by atoms with Gasteiger partial charge in [-0.2, -0.15) is 0 Å². The van der Waals surface area contributed by atoms with Crippen molar-refractivity contribution in [2.24, 2.45) is 0 Å². The molecule has 1 aromatic carbocycles. The molecule has 15 heavy (non-hydrogen) atoms. The Bertz CT molecular complexity index is 361. The Hall–Kier alpha value is -1.83. The fourth-order valence-electron chi connectivity index (χ4n) is 1.03. The van der Waals surface area contributed by atoms with E-state index in [0.29, 0.717) is 0 Å². The normalized spacial score (nSPS) is 10.2. The molecular weight excluding hydrogens is 188 g/mol. The van der Waals surface area contributed by atoms with E-state index in [4.69, 9.17) is 4.74 Å². The second-order valence-electron chi connectivity index (χ2n) is 3.16. The first-order valence-corrected chi connectivity index (χ1v) is 4.75. The number of carbonyl (C=O) groups is 1. The SMILES string of the molecule is C=CCOC(=O)C=Cc1ccc(C)cc1. The highest BCUT2D eigenvalue weighted by molar-refractivity contribution is 5.87. The first kappa shape index (κ1) is 11.2. The lowest BCUT2D eigenvalue weighted by Gasteiger charge is -1.96. The van der Waals surface area contributed by atoms with Crippen LogP contribution in [0.3, 0.4) is 0 Å². The van der Waals surface area contributed by atoms with Gasteiger partial charge in [0.05, 0.1) is 0 Å². The molecule has 0 unspecified atom stereocenters. The van der Waals surface area contributed by atoms with Gasteiger partial charge in [-0.25, -0.2) is 4.79 Å². The van der Waals surface area contributed by atoms with Gasteiger partial charge in [0, 0.05) is 6.08 Å². The van der Waals surface area contributed by atoms with E-state index in [-0.39, 0.29) is 12.6 Å². The molecule has 0 amide bonds. The van der Waals surface area contributed by atoms with E-state index in [1.807, 2.05) is 31.2 Å². The van der Waals surface area contributed by atoms with Crippen LogP contribution >= 0.6 is 0 Å². The van der Waals surface area contributed by atoms with Gasteiger partial charge in [0.1, 0.15) is 6.61 Å². The van der Waals surface area contributed by atoms with Crippen molar-refractivity contribution in [2.75, 3.05) is 6.61 Å². The Labute approximate surface area is 89.9 Å². The van der Waals surface area contributed by atoms with Crippen molar-refractivity contribution in [2.45, 2.75) is 6.92 Å². The third-order valence-electron chi connectivity index (χ3n) is 1.83. The van der Waals surface area contributed by atoms with Gasteiger partial charge in [-0.05, 0) is 18.6 Å². The average molecular weight is 202 g/mol. The summed E-state index contributed by atoms with van der Waals surface area (Å²) in [6, 6.07) is 7.89. The van der Waals surface area contributed by atoms with Crippen molar-refractivity contribution in [3.8, 4) is 0 Å². The maximum absolute atomic E-state index is 11.1. The van der Waals surface area contributed by atoms with Crippen molar-refractivity contribution in [3.05, 3.63) is 54.1 Å². The topological polar surface area (TPSA) is 26.3 Å². The Balaban J connectivity index is 2.53. The maximum Gasteiger partial charge on any atom is 0.331 e. The van der Waals surface area contributed by atoms with E-state index in [1.54, 1.807) is 6.08 Å². The van der Waals surface area contributed by atoms with Crippen LogP contribution < -0.4 is 0 Å². The molecule has 78 valence electrons. The number of ether oxygens (including phenoxy) is 1. The van der Waals surface area contributed by atoms with Gasteiger partial charge in [0.2, 0.25) is 0 Å². The largest absolute Gasteiger partial charge is 0.458 e. The second kappa shape index (κ2) is 5.81. The number of hydrogen-bond donors (Lipinski definition) is 0. The summed E-state index contributed by atoms with van der Waals surface area (Å²) in [4.78, 5) is 11.1. The fourth-order valence-corrected chi connectivity index (χ4v) is 1.03. The Morgan fingerprint density at radius 3 is 2.67 bits per heavy atom. The lowest BCUT2D eigenvalue weighted by molar-refractivity contribution is -0.136. The summed E-state index contributed by atoms with van der Waals surface area (Å²) in [5.74, 6) is -0.351. The molecule has 0 bridgehead atoms. The van der Waals surface area contributed by atoms with Crippen LogP contribution in [0.2, 0.25) is 0 Å². The van der Waals surface area contributed by atoms with E-state index in [1.165, 1.54) is 17.7 Å². The van der Waals surface area contributed by atoms with Crippen LogP contribution in [0.4, 0.5) is 0 Å². The van der Waals surface area contributed by atoms with Gasteiger partial charge < -0.3 is 4.74 Å². The van der Waals surface area contributed by atoms with E-state index in [9.17, 15) is 4.79 Å². The lowest BCUT2D eigenvalue weighted by Crippen LogP contribution is -1.99. The summed E-state index contributed by atoms with van der Waals surface area (Å²) >= 11 is 0. The zero-order valence-corrected chi connectivity index (χ0v) is 8.77. The van der Waals surface area contributed by atoms with Gasteiger partial charge in [0.25, 0.3) is 0 Å². The highest BCUT2D eigenvalue weighted by atomic mass is 16.5. The number of carbonyl (C=O) groups excluding carboxylic acids is 1. The predicted octanol–water partition coefficient (Wildman–Crippen LogP) is 2.74. The molecule has 0 aliphatic carbocycles. The standard InChI is InChI=1S/C13H14O2/c1-3-10-15-13(14)9-8-12-6-4-11(2)5-7-12/h3-9H,1,10H2,2H3. The molecule has 1 rings (SSSR count). The second-order valence-corrected chi connectivity index (χ2v) is 3.16. The zero-order chi connectivity index (χ0) is 11.1. The number of benzene rings is 1. The molecular formula is C13H14O2. The number of rotatable bonds is 4. The summed E-state index contributed by atoms with van der Waals surface area (Å²) in [6.07, 6.45) is 4.68. The van der Waals surface area contributed by atoms with Crippen molar-refractivity contribution in [1.82, 2.24) is 0 Å². The Morgan fingerprint density at radius 2 is 2.07 bits per heavy atom. The molecule has 0 saturated carbocycles. The van der Waals surface area contributed by atoms with Crippen LogP contribution in [0.5, 0.6) is 0 Å². The van der Waals surface area contributed by atoms with E-state index in [2.05, 4.69) is 6.58 Å². The van der Waals surface area contributed by atoms with Gasteiger partial charge in [0.15, 0.2) is 0 Å². The maximum atomic E-state index is 11.1. The summed E-state index contributed by atoms with van der Waals surface area (Å²) in [7, 11) is 0. The van der Waals surface area contributed by atoms with Crippen LogP contribution in [0, 0.1) is 6.92 Å². The number of hydrogen-bond acceptors (Lipinski definition) is 2. The molecule has 0 atom stereocenters. The van der Waals surface area contributed by atoms with Gasteiger partial charge in [-0.1, -0.05) is 42.5 Å². The average Bonchev–Trinajstić information content (AvgIpc) is 2.25. The van der Waals surface area contributed by atoms with E-state index < -0.39 is 0 Å². The molecule has 0 aromatic heterocycles. The predicted molar refractivity (Wildman–Crippen MR) is 61.4 cm³/mol.